The molecule has 0 bridgehead atoms. The second-order valence-electron chi connectivity index (χ2n) is 5.35. The summed E-state index contributed by atoms with van der Waals surface area (Å²) in [5.74, 6) is -0.438. The maximum Gasteiger partial charge on any atom is 0.354 e. The van der Waals surface area contributed by atoms with Crippen LogP contribution in [0.5, 0.6) is 0 Å². The minimum atomic E-state index is -0.438. The molecule has 0 saturated heterocycles. The van der Waals surface area contributed by atoms with Gasteiger partial charge in [-0.3, -0.25) is 5.43 Å². The summed E-state index contributed by atoms with van der Waals surface area (Å²) < 4.78 is 4.85. The standard InChI is InChI=1S/C20H18N2O2/c1-24-20(23)19(14-15-8-3-2-4-9-15)22-21-18-13-7-11-16-10-5-6-12-17(16)18/h2-13,21H,14H2,1H3/b22-19-. The third-order valence-electron chi connectivity index (χ3n) is 3.74. The maximum atomic E-state index is 12.0. The van der Waals surface area contributed by atoms with Gasteiger partial charge in [-0.1, -0.05) is 66.7 Å². The van der Waals surface area contributed by atoms with E-state index >= 15 is 0 Å². The number of benzene rings is 3. The van der Waals surface area contributed by atoms with Gasteiger partial charge in [-0.2, -0.15) is 5.10 Å². The Hall–Kier alpha value is -3.14. The summed E-state index contributed by atoms with van der Waals surface area (Å²) in [4.78, 5) is 12.0. The van der Waals surface area contributed by atoms with Crippen LogP contribution in [0.4, 0.5) is 5.69 Å². The van der Waals surface area contributed by atoms with Gasteiger partial charge in [0.1, 0.15) is 5.71 Å². The molecule has 0 aliphatic carbocycles. The van der Waals surface area contributed by atoms with E-state index in [1.165, 1.54) is 7.11 Å². The smallest absolute Gasteiger partial charge is 0.354 e. The number of carbonyl (C=O) groups excluding carboxylic acids is 1. The lowest BCUT2D eigenvalue weighted by Crippen LogP contribution is -2.20. The fourth-order valence-corrected chi connectivity index (χ4v) is 2.51. The van der Waals surface area contributed by atoms with Crippen molar-refractivity contribution in [3.05, 3.63) is 78.4 Å². The Balaban J connectivity index is 1.88. The van der Waals surface area contributed by atoms with Crippen LogP contribution in [0.2, 0.25) is 0 Å². The van der Waals surface area contributed by atoms with Crippen molar-refractivity contribution in [2.24, 2.45) is 5.10 Å². The lowest BCUT2D eigenvalue weighted by atomic mass is 10.1. The molecular weight excluding hydrogens is 300 g/mol. The third-order valence-corrected chi connectivity index (χ3v) is 3.74. The first-order valence-electron chi connectivity index (χ1n) is 7.70. The minimum Gasteiger partial charge on any atom is -0.464 e. The number of hydrazone groups is 1. The molecule has 0 aliphatic rings. The molecule has 0 saturated carbocycles. The summed E-state index contributed by atoms with van der Waals surface area (Å²) >= 11 is 0. The van der Waals surface area contributed by atoms with Gasteiger partial charge in [-0.25, -0.2) is 4.79 Å². The molecule has 0 atom stereocenters. The van der Waals surface area contributed by atoms with Crippen LogP contribution < -0.4 is 5.43 Å². The lowest BCUT2D eigenvalue weighted by molar-refractivity contribution is -0.132. The van der Waals surface area contributed by atoms with Crippen molar-refractivity contribution in [2.45, 2.75) is 6.42 Å². The molecule has 0 spiro atoms. The van der Waals surface area contributed by atoms with Gasteiger partial charge >= 0.3 is 5.97 Å². The molecule has 4 heteroatoms. The highest BCUT2D eigenvalue weighted by Gasteiger charge is 2.13. The molecule has 0 amide bonds. The van der Waals surface area contributed by atoms with Crippen molar-refractivity contribution in [2.75, 3.05) is 12.5 Å². The monoisotopic (exact) mass is 318 g/mol. The van der Waals surface area contributed by atoms with Gasteiger partial charge in [-0.05, 0) is 17.0 Å². The van der Waals surface area contributed by atoms with Gasteiger partial charge in [0.05, 0.1) is 12.8 Å². The van der Waals surface area contributed by atoms with Crippen LogP contribution in [0.25, 0.3) is 10.8 Å². The summed E-state index contributed by atoms with van der Waals surface area (Å²) in [5.41, 5.74) is 5.19. The first kappa shape index (κ1) is 15.7. The summed E-state index contributed by atoms with van der Waals surface area (Å²) in [5, 5.41) is 6.46. The lowest BCUT2D eigenvalue weighted by Gasteiger charge is -2.08. The van der Waals surface area contributed by atoms with Crippen molar-refractivity contribution in [1.29, 1.82) is 0 Å². The highest BCUT2D eigenvalue weighted by molar-refractivity contribution is 6.37. The Morgan fingerprint density at radius 3 is 2.46 bits per heavy atom. The molecule has 120 valence electrons. The summed E-state index contributed by atoms with van der Waals surface area (Å²) in [7, 11) is 1.36. The van der Waals surface area contributed by atoms with E-state index in [4.69, 9.17) is 4.74 Å². The highest BCUT2D eigenvalue weighted by atomic mass is 16.5. The van der Waals surface area contributed by atoms with Crippen molar-refractivity contribution in [3.8, 4) is 0 Å². The molecule has 1 N–H and O–H groups in total. The number of fused-ring (bicyclic) bond motifs is 1. The Kier molecular flexibility index (Phi) is 4.87. The van der Waals surface area contributed by atoms with E-state index in [1.54, 1.807) is 0 Å². The number of methoxy groups -OCH3 is 1. The molecule has 0 radical (unpaired) electrons. The van der Waals surface area contributed by atoms with Gasteiger partial charge in [0.2, 0.25) is 0 Å². The van der Waals surface area contributed by atoms with Crippen LogP contribution in [-0.4, -0.2) is 18.8 Å². The Morgan fingerprint density at radius 2 is 1.67 bits per heavy atom. The average Bonchev–Trinajstić information content (AvgIpc) is 2.65. The van der Waals surface area contributed by atoms with Crippen LogP contribution in [0.3, 0.4) is 0 Å². The topological polar surface area (TPSA) is 50.7 Å². The Labute approximate surface area is 140 Å². The number of hydrogen-bond acceptors (Lipinski definition) is 4. The number of rotatable bonds is 5. The SMILES string of the molecule is COC(=O)/C(Cc1ccccc1)=N\Nc1cccc2ccccc12. The molecule has 4 nitrogen and oxygen atoms in total. The number of nitrogens with zero attached hydrogens (tertiary/aromatic N) is 1. The van der Waals surface area contributed by atoms with E-state index in [1.807, 2.05) is 72.8 Å². The van der Waals surface area contributed by atoms with Gasteiger partial charge in [0.25, 0.3) is 0 Å². The zero-order chi connectivity index (χ0) is 16.8. The molecule has 0 unspecified atom stereocenters. The highest BCUT2D eigenvalue weighted by Crippen LogP contribution is 2.22. The molecule has 0 aliphatic heterocycles. The van der Waals surface area contributed by atoms with E-state index in [-0.39, 0.29) is 0 Å². The van der Waals surface area contributed by atoms with Crippen LogP contribution in [0.1, 0.15) is 5.56 Å². The fraction of sp³-hybridized carbons (Fsp3) is 0.100. The van der Waals surface area contributed by atoms with Crippen molar-refractivity contribution in [3.63, 3.8) is 0 Å². The minimum absolute atomic E-state index is 0.330. The van der Waals surface area contributed by atoms with Crippen molar-refractivity contribution in [1.82, 2.24) is 0 Å². The van der Waals surface area contributed by atoms with Gasteiger partial charge < -0.3 is 4.74 Å². The number of nitrogens with one attached hydrogen (secondary N) is 1. The van der Waals surface area contributed by atoms with Crippen molar-refractivity contribution >= 4 is 28.1 Å². The van der Waals surface area contributed by atoms with Gasteiger partial charge in [-0.15, -0.1) is 0 Å². The number of ether oxygens (including phenoxy) is 1. The zero-order valence-electron chi connectivity index (χ0n) is 13.4. The quantitative estimate of drug-likeness (QED) is 0.439. The number of anilines is 1. The number of esters is 1. The van der Waals surface area contributed by atoms with Crippen molar-refractivity contribution < 1.29 is 9.53 Å². The molecule has 0 heterocycles. The third kappa shape index (κ3) is 3.60. The Morgan fingerprint density at radius 1 is 0.958 bits per heavy atom. The summed E-state index contributed by atoms with van der Waals surface area (Å²) in [6.07, 6.45) is 0.408. The van der Waals surface area contributed by atoms with E-state index in [0.29, 0.717) is 12.1 Å². The molecule has 3 rings (SSSR count). The van der Waals surface area contributed by atoms with E-state index in [0.717, 1.165) is 22.0 Å². The summed E-state index contributed by atoms with van der Waals surface area (Å²) in [6.45, 7) is 0. The predicted octanol–water partition coefficient (Wildman–Crippen LogP) is 4.02. The molecular formula is C20H18N2O2. The van der Waals surface area contributed by atoms with E-state index < -0.39 is 5.97 Å². The zero-order valence-corrected chi connectivity index (χ0v) is 13.4. The van der Waals surface area contributed by atoms with Crippen LogP contribution in [-0.2, 0) is 16.0 Å². The van der Waals surface area contributed by atoms with E-state index in [2.05, 4.69) is 10.5 Å². The van der Waals surface area contributed by atoms with Gasteiger partial charge in [0, 0.05) is 11.8 Å². The molecule has 3 aromatic rings. The second-order valence-corrected chi connectivity index (χ2v) is 5.35. The van der Waals surface area contributed by atoms with Crippen LogP contribution in [0, 0.1) is 0 Å². The summed E-state index contributed by atoms with van der Waals surface area (Å²) in [6, 6.07) is 23.7. The average molecular weight is 318 g/mol. The normalized spacial score (nSPS) is 11.3. The molecule has 24 heavy (non-hydrogen) atoms. The molecule has 0 aromatic heterocycles. The van der Waals surface area contributed by atoms with Crippen LogP contribution >= 0.6 is 0 Å². The number of hydrogen-bond donors (Lipinski definition) is 1. The largest absolute Gasteiger partial charge is 0.464 e. The van der Waals surface area contributed by atoms with Gasteiger partial charge in [0.15, 0.2) is 0 Å². The molecule has 0 fully saturated rings. The predicted molar refractivity (Wildman–Crippen MR) is 97.2 cm³/mol. The molecule has 3 aromatic carbocycles. The first-order chi connectivity index (χ1) is 11.8. The second kappa shape index (κ2) is 7.42. The van der Waals surface area contributed by atoms with E-state index in [9.17, 15) is 4.79 Å². The fourth-order valence-electron chi connectivity index (χ4n) is 2.51. The first-order valence-corrected chi connectivity index (χ1v) is 7.70. The number of carbonyl (C=O) groups is 1. The Bertz CT molecular complexity index is 868. The van der Waals surface area contributed by atoms with Crippen LogP contribution in [0.15, 0.2) is 77.9 Å². The maximum absolute atomic E-state index is 12.0.